The highest BCUT2D eigenvalue weighted by Gasteiger charge is 2.27. The summed E-state index contributed by atoms with van der Waals surface area (Å²) in [6.07, 6.45) is 1.69. The van der Waals surface area contributed by atoms with E-state index in [1.165, 1.54) is 6.07 Å². The van der Waals surface area contributed by atoms with Crippen molar-refractivity contribution in [3.05, 3.63) is 28.4 Å². The van der Waals surface area contributed by atoms with Crippen molar-refractivity contribution < 1.29 is 9.66 Å². The smallest absolute Gasteiger partial charge is 0.311 e. The lowest BCUT2D eigenvalue weighted by molar-refractivity contribution is -0.384. The number of anilines is 1. The Kier molecular flexibility index (Phi) is 3.23. The van der Waals surface area contributed by atoms with Crippen molar-refractivity contribution in [2.75, 3.05) is 18.0 Å². The predicted molar refractivity (Wildman–Crippen MR) is 63.1 cm³/mol. The van der Waals surface area contributed by atoms with Gasteiger partial charge in [-0.2, -0.15) is 0 Å². The molecular formula is C11H15N3O3. The minimum absolute atomic E-state index is 0.0498. The summed E-state index contributed by atoms with van der Waals surface area (Å²) in [4.78, 5) is 16.6. The molecule has 2 atom stereocenters. The summed E-state index contributed by atoms with van der Waals surface area (Å²) in [7, 11) is 0. The Hall–Kier alpha value is -1.69. The van der Waals surface area contributed by atoms with Crippen molar-refractivity contribution >= 4 is 11.5 Å². The molecule has 1 aliphatic rings. The first-order valence-electron chi connectivity index (χ1n) is 5.57. The maximum absolute atomic E-state index is 10.9. The molecule has 0 spiro atoms. The summed E-state index contributed by atoms with van der Waals surface area (Å²) in [5.74, 6) is 0.430. The van der Waals surface area contributed by atoms with Crippen LogP contribution in [0.5, 0.6) is 0 Å². The fourth-order valence-corrected chi connectivity index (χ4v) is 2.13. The molecule has 1 fully saturated rings. The second-order valence-electron chi connectivity index (χ2n) is 4.27. The molecule has 2 rings (SSSR count). The Balaban J connectivity index is 2.30. The monoisotopic (exact) mass is 237 g/mol. The van der Waals surface area contributed by atoms with Crippen molar-refractivity contribution in [3.8, 4) is 0 Å². The van der Waals surface area contributed by atoms with Crippen LogP contribution in [0.2, 0.25) is 0 Å². The molecule has 0 radical (unpaired) electrons. The average Bonchev–Trinajstić information content (AvgIpc) is 2.27. The summed E-state index contributed by atoms with van der Waals surface area (Å²) < 4.78 is 5.60. The molecule has 0 unspecified atom stereocenters. The molecule has 1 aliphatic heterocycles. The quantitative estimate of drug-likeness (QED) is 0.577. The van der Waals surface area contributed by atoms with E-state index in [9.17, 15) is 10.1 Å². The van der Waals surface area contributed by atoms with Crippen molar-refractivity contribution in [2.24, 2.45) is 0 Å². The summed E-state index contributed by atoms with van der Waals surface area (Å²) >= 11 is 0. The lowest BCUT2D eigenvalue weighted by Gasteiger charge is -2.35. The van der Waals surface area contributed by atoms with Gasteiger partial charge in [0.15, 0.2) is 0 Å². The first-order chi connectivity index (χ1) is 8.08. The van der Waals surface area contributed by atoms with Crippen LogP contribution in [0.15, 0.2) is 18.3 Å². The first-order valence-corrected chi connectivity index (χ1v) is 5.57. The van der Waals surface area contributed by atoms with E-state index < -0.39 is 4.92 Å². The highest BCUT2D eigenvalue weighted by Crippen LogP contribution is 2.27. The minimum Gasteiger partial charge on any atom is -0.372 e. The highest BCUT2D eigenvalue weighted by molar-refractivity contribution is 5.57. The lowest BCUT2D eigenvalue weighted by Crippen LogP contribution is -2.46. The van der Waals surface area contributed by atoms with Crippen LogP contribution in [0.3, 0.4) is 0 Å². The summed E-state index contributed by atoms with van der Waals surface area (Å²) in [5, 5.41) is 10.9. The molecule has 2 heterocycles. The van der Waals surface area contributed by atoms with Crippen LogP contribution >= 0.6 is 0 Å². The van der Waals surface area contributed by atoms with Gasteiger partial charge in [0, 0.05) is 25.4 Å². The van der Waals surface area contributed by atoms with Gasteiger partial charge in [0.1, 0.15) is 0 Å². The molecule has 0 aliphatic carbocycles. The zero-order valence-electron chi connectivity index (χ0n) is 9.87. The first kappa shape index (κ1) is 11.8. The van der Waals surface area contributed by atoms with Crippen LogP contribution in [-0.2, 0) is 4.74 Å². The van der Waals surface area contributed by atoms with Gasteiger partial charge in [0.05, 0.1) is 17.1 Å². The molecule has 17 heavy (non-hydrogen) atoms. The van der Waals surface area contributed by atoms with Gasteiger partial charge >= 0.3 is 5.69 Å². The number of ether oxygens (including phenoxy) is 1. The van der Waals surface area contributed by atoms with Crippen LogP contribution < -0.4 is 4.90 Å². The molecule has 0 bridgehead atoms. The predicted octanol–water partition coefficient (Wildman–Crippen LogP) is 1.60. The molecule has 0 amide bonds. The number of rotatable bonds is 2. The molecule has 0 N–H and O–H groups in total. The Bertz CT molecular complexity index is 414. The number of pyridine rings is 1. The number of nitrogens with zero attached hydrogens (tertiary/aromatic N) is 3. The average molecular weight is 237 g/mol. The number of nitro groups is 1. The lowest BCUT2D eigenvalue weighted by atomic mass is 10.2. The topological polar surface area (TPSA) is 68.5 Å². The molecule has 1 aromatic rings. The van der Waals surface area contributed by atoms with Crippen molar-refractivity contribution in [2.45, 2.75) is 26.1 Å². The van der Waals surface area contributed by atoms with Crippen molar-refractivity contribution in [3.63, 3.8) is 0 Å². The van der Waals surface area contributed by atoms with E-state index in [-0.39, 0.29) is 17.9 Å². The molecule has 1 saturated heterocycles. The Morgan fingerprint density at radius 1 is 1.47 bits per heavy atom. The number of aromatic nitrogens is 1. The SMILES string of the molecule is C[C@H]1CN(c2ncccc2[N+](=O)[O-])C[C@H](C)O1. The molecule has 1 aromatic heterocycles. The molecule has 6 heteroatoms. The largest absolute Gasteiger partial charge is 0.372 e. The molecule has 92 valence electrons. The number of hydrogen-bond donors (Lipinski definition) is 0. The standard InChI is InChI=1S/C11H15N3O3/c1-8-6-13(7-9(2)17-8)11-10(14(15)16)4-3-5-12-11/h3-5,8-9H,6-7H2,1-2H3/t8-,9-/m0/s1. The van der Waals surface area contributed by atoms with E-state index in [4.69, 9.17) is 4.74 Å². The van der Waals surface area contributed by atoms with Crippen molar-refractivity contribution in [1.29, 1.82) is 0 Å². The Morgan fingerprint density at radius 3 is 2.71 bits per heavy atom. The third-order valence-corrected chi connectivity index (χ3v) is 2.68. The molecular weight excluding hydrogens is 222 g/mol. The summed E-state index contributed by atoms with van der Waals surface area (Å²) in [6.45, 7) is 5.17. The van der Waals surface area contributed by atoms with Gasteiger partial charge in [-0.25, -0.2) is 4.98 Å². The van der Waals surface area contributed by atoms with E-state index in [1.807, 2.05) is 18.7 Å². The minimum atomic E-state index is -0.396. The fourth-order valence-electron chi connectivity index (χ4n) is 2.13. The van der Waals surface area contributed by atoms with Gasteiger partial charge in [-0.3, -0.25) is 10.1 Å². The van der Waals surface area contributed by atoms with Crippen LogP contribution in [0, 0.1) is 10.1 Å². The highest BCUT2D eigenvalue weighted by atomic mass is 16.6. The zero-order valence-corrected chi connectivity index (χ0v) is 9.87. The maximum atomic E-state index is 10.9. The van der Waals surface area contributed by atoms with Crippen LogP contribution in [0.25, 0.3) is 0 Å². The Labute approximate surface area is 99.4 Å². The number of hydrogen-bond acceptors (Lipinski definition) is 5. The van der Waals surface area contributed by atoms with Crippen LogP contribution in [0.4, 0.5) is 11.5 Å². The van der Waals surface area contributed by atoms with Crippen molar-refractivity contribution in [1.82, 2.24) is 4.98 Å². The third kappa shape index (κ3) is 2.52. The fraction of sp³-hybridized carbons (Fsp3) is 0.545. The van der Waals surface area contributed by atoms with Gasteiger partial charge in [0.25, 0.3) is 0 Å². The zero-order chi connectivity index (χ0) is 12.4. The Morgan fingerprint density at radius 2 is 2.12 bits per heavy atom. The molecule has 0 aromatic carbocycles. The van der Waals surface area contributed by atoms with Gasteiger partial charge in [-0.1, -0.05) is 0 Å². The number of morpholine rings is 1. The van der Waals surface area contributed by atoms with Gasteiger partial charge in [0.2, 0.25) is 5.82 Å². The third-order valence-electron chi connectivity index (χ3n) is 2.68. The van der Waals surface area contributed by atoms with Crippen LogP contribution in [-0.4, -0.2) is 35.2 Å². The van der Waals surface area contributed by atoms with E-state index in [0.29, 0.717) is 18.9 Å². The van der Waals surface area contributed by atoms with E-state index in [2.05, 4.69) is 4.98 Å². The second kappa shape index (κ2) is 4.67. The van der Waals surface area contributed by atoms with E-state index in [0.717, 1.165) is 0 Å². The van der Waals surface area contributed by atoms with E-state index >= 15 is 0 Å². The second-order valence-corrected chi connectivity index (χ2v) is 4.27. The van der Waals surface area contributed by atoms with Gasteiger partial charge in [-0.05, 0) is 19.9 Å². The maximum Gasteiger partial charge on any atom is 0.311 e. The summed E-state index contributed by atoms with van der Waals surface area (Å²) in [5.41, 5.74) is 0.0498. The molecule has 6 nitrogen and oxygen atoms in total. The van der Waals surface area contributed by atoms with Gasteiger partial charge in [-0.15, -0.1) is 0 Å². The van der Waals surface area contributed by atoms with Crippen LogP contribution in [0.1, 0.15) is 13.8 Å². The normalized spacial score (nSPS) is 24.7. The molecule has 0 saturated carbocycles. The van der Waals surface area contributed by atoms with Gasteiger partial charge < -0.3 is 9.64 Å². The summed E-state index contributed by atoms with van der Waals surface area (Å²) in [6, 6.07) is 3.06. The van der Waals surface area contributed by atoms with E-state index in [1.54, 1.807) is 12.3 Å².